The maximum absolute atomic E-state index is 2.54. The highest BCUT2D eigenvalue weighted by Crippen LogP contribution is 2.38. The lowest BCUT2D eigenvalue weighted by Crippen LogP contribution is -2.67. The minimum absolute atomic E-state index is 0.484. The third kappa shape index (κ3) is 1.75. The highest BCUT2D eigenvalue weighted by molar-refractivity contribution is 4.98. The SMILES string of the molecule is CC.CN1CCCCC12CCN2C. The highest BCUT2D eigenvalue weighted by atomic mass is 15.4. The van der Waals surface area contributed by atoms with Crippen molar-refractivity contribution in [1.29, 1.82) is 0 Å². The summed E-state index contributed by atoms with van der Waals surface area (Å²) in [5.74, 6) is 0. The molecule has 1 spiro atoms. The zero-order valence-corrected chi connectivity index (χ0v) is 9.64. The molecule has 0 radical (unpaired) electrons. The van der Waals surface area contributed by atoms with Crippen molar-refractivity contribution in [2.75, 3.05) is 27.2 Å². The molecule has 1 unspecified atom stereocenters. The van der Waals surface area contributed by atoms with Crippen LogP contribution in [0.25, 0.3) is 0 Å². The first kappa shape index (κ1) is 11.0. The summed E-state index contributed by atoms with van der Waals surface area (Å²) in [7, 11) is 4.53. The van der Waals surface area contributed by atoms with Crippen LogP contribution in [-0.2, 0) is 0 Å². The summed E-state index contributed by atoms with van der Waals surface area (Å²) in [4.78, 5) is 5.05. The number of rotatable bonds is 0. The van der Waals surface area contributed by atoms with Crippen LogP contribution in [0.15, 0.2) is 0 Å². The van der Waals surface area contributed by atoms with E-state index >= 15 is 0 Å². The minimum atomic E-state index is 0.484. The second kappa shape index (κ2) is 4.43. The van der Waals surface area contributed by atoms with Gasteiger partial charge in [-0.1, -0.05) is 13.8 Å². The van der Waals surface area contributed by atoms with E-state index in [1.54, 1.807) is 0 Å². The second-order valence-electron chi connectivity index (χ2n) is 4.03. The van der Waals surface area contributed by atoms with Crippen molar-refractivity contribution in [3.05, 3.63) is 0 Å². The maximum Gasteiger partial charge on any atom is 0.0745 e. The van der Waals surface area contributed by atoms with Crippen molar-refractivity contribution in [1.82, 2.24) is 9.80 Å². The lowest BCUT2D eigenvalue weighted by Gasteiger charge is -2.58. The van der Waals surface area contributed by atoms with Crippen molar-refractivity contribution < 1.29 is 0 Å². The van der Waals surface area contributed by atoms with Crippen molar-refractivity contribution in [2.45, 2.75) is 45.2 Å². The second-order valence-corrected chi connectivity index (χ2v) is 4.03. The predicted octanol–water partition coefficient (Wildman–Crippen LogP) is 2.16. The van der Waals surface area contributed by atoms with Crippen LogP contribution in [0.1, 0.15) is 39.5 Å². The van der Waals surface area contributed by atoms with Gasteiger partial charge in [0.25, 0.3) is 0 Å². The van der Waals surface area contributed by atoms with E-state index in [4.69, 9.17) is 0 Å². The van der Waals surface area contributed by atoms with Crippen LogP contribution in [0.3, 0.4) is 0 Å². The fourth-order valence-electron chi connectivity index (χ4n) is 2.55. The molecule has 0 aliphatic carbocycles. The minimum Gasteiger partial charge on any atom is -0.288 e. The summed E-state index contributed by atoms with van der Waals surface area (Å²) >= 11 is 0. The van der Waals surface area contributed by atoms with E-state index in [1.165, 1.54) is 38.8 Å². The van der Waals surface area contributed by atoms with Gasteiger partial charge in [-0.05, 0) is 46.3 Å². The molecule has 0 aromatic carbocycles. The van der Waals surface area contributed by atoms with Crippen molar-refractivity contribution >= 4 is 0 Å². The first-order valence-electron chi connectivity index (χ1n) is 5.68. The summed E-state index contributed by atoms with van der Waals surface area (Å²) in [5, 5.41) is 0. The van der Waals surface area contributed by atoms with Gasteiger partial charge < -0.3 is 0 Å². The zero-order chi connectivity index (χ0) is 9.90. The molecule has 2 aliphatic rings. The average Bonchev–Trinajstić information content (AvgIpc) is 2.19. The molecule has 13 heavy (non-hydrogen) atoms. The Balaban J connectivity index is 0.000000396. The van der Waals surface area contributed by atoms with E-state index in [2.05, 4.69) is 23.9 Å². The van der Waals surface area contributed by atoms with Crippen LogP contribution in [-0.4, -0.2) is 42.6 Å². The first-order valence-corrected chi connectivity index (χ1v) is 5.68. The standard InChI is InChI=1S/C9H18N2.C2H6/c1-10-7-4-3-5-9(10)6-8-11(9)2;1-2/h3-8H2,1-2H3;1-2H3. The fraction of sp³-hybridized carbons (Fsp3) is 1.00. The predicted molar refractivity (Wildman–Crippen MR) is 57.8 cm³/mol. The number of hydrogen-bond acceptors (Lipinski definition) is 2. The van der Waals surface area contributed by atoms with Gasteiger partial charge in [0.05, 0.1) is 5.66 Å². The molecule has 2 fully saturated rings. The van der Waals surface area contributed by atoms with E-state index in [0.717, 1.165) is 0 Å². The maximum atomic E-state index is 2.54. The molecule has 0 aromatic rings. The van der Waals surface area contributed by atoms with Crippen LogP contribution in [0.5, 0.6) is 0 Å². The molecule has 0 saturated carbocycles. The van der Waals surface area contributed by atoms with Crippen LogP contribution in [0, 0.1) is 0 Å². The molecule has 2 rings (SSSR count). The number of nitrogens with zero attached hydrogens (tertiary/aromatic N) is 2. The largest absolute Gasteiger partial charge is 0.288 e. The van der Waals surface area contributed by atoms with E-state index in [1.807, 2.05) is 13.8 Å². The monoisotopic (exact) mass is 184 g/mol. The van der Waals surface area contributed by atoms with E-state index in [9.17, 15) is 0 Å². The van der Waals surface area contributed by atoms with E-state index in [-0.39, 0.29) is 0 Å². The molecule has 2 saturated heterocycles. The Morgan fingerprint density at radius 2 is 1.46 bits per heavy atom. The topological polar surface area (TPSA) is 6.48 Å². The highest BCUT2D eigenvalue weighted by Gasteiger charge is 2.46. The van der Waals surface area contributed by atoms with Crippen molar-refractivity contribution in [3.63, 3.8) is 0 Å². The molecule has 0 bridgehead atoms. The molecular weight excluding hydrogens is 160 g/mol. The lowest BCUT2D eigenvalue weighted by molar-refractivity contribution is -0.129. The number of likely N-dealkylation sites (tertiary alicyclic amines) is 2. The van der Waals surface area contributed by atoms with Gasteiger partial charge in [-0.25, -0.2) is 0 Å². The molecule has 2 heteroatoms. The lowest BCUT2D eigenvalue weighted by atomic mass is 9.85. The van der Waals surface area contributed by atoms with Crippen LogP contribution < -0.4 is 0 Å². The molecule has 2 heterocycles. The third-order valence-electron chi connectivity index (χ3n) is 3.59. The van der Waals surface area contributed by atoms with Gasteiger partial charge in [0, 0.05) is 6.54 Å². The molecule has 2 nitrogen and oxygen atoms in total. The zero-order valence-electron chi connectivity index (χ0n) is 9.64. The normalized spacial score (nSPS) is 35.1. The Kier molecular flexibility index (Phi) is 3.74. The Morgan fingerprint density at radius 3 is 1.77 bits per heavy atom. The summed E-state index contributed by atoms with van der Waals surface area (Å²) < 4.78 is 0. The van der Waals surface area contributed by atoms with Crippen molar-refractivity contribution in [3.8, 4) is 0 Å². The summed E-state index contributed by atoms with van der Waals surface area (Å²) in [6.45, 7) is 6.59. The van der Waals surface area contributed by atoms with E-state index in [0.29, 0.717) is 5.66 Å². The van der Waals surface area contributed by atoms with E-state index < -0.39 is 0 Å². The van der Waals surface area contributed by atoms with Gasteiger partial charge in [-0.2, -0.15) is 0 Å². The van der Waals surface area contributed by atoms with Gasteiger partial charge in [-0.15, -0.1) is 0 Å². The van der Waals surface area contributed by atoms with Gasteiger partial charge in [0.1, 0.15) is 0 Å². The molecule has 1 atom stereocenters. The molecule has 0 aromatic heterocycles. The van der Waals surface area contributed by atoms with Crippen molar-refractivity contribution in [2.24, 2.45) is 0 Å². The quantitative estimate of drug-likeness (QED) is 0.569. The Labute approximate surface area is 82.9 Å². The number of piperidine rings is 1. The summed E-state index contributed by atoms with van der Waals surface area (Å²) in [5.41, 5.74) is 0.484. The third-order valence-corrected chi connectivity index (χ3v) is 3.59. The van der Waals surface area contributed by atoms with Crippen LogP contribution in [0.2, 0.25) is 0 Å². The molecule has 78 valence electrons. The van der Waals surface area contributed by atoms with Gasteiger partial charge >= 0.3 is 0 Å². The molecule has 2 aliphatic heterocycles. The van der Waals surface area contributed by atoms with Gasteiger partial charge in [0.15, 0.2) is 0 Å². The first-order chi connectivity index (χ1) is 6.26. The molecule has 0 amide bonds. The smallest absolute Gasteiger partial charge is 0.0745 e. The van der Waals surface area contributed by atoms with Gasteiger partial charge in [0.2, 0.25) is 0 Å². The molecular formula is C11H24N2. The summed E-state index contributed by atoms with van der Waals surface area (Å²) in [6.07, 6.45) is 5.60. The van der Waals surface area contributed by atoms with Gasteiger partial charge in [-0.3, -0.25) is 9.80 Å². The van der Waals surface area contributed by atoms with Crippen LogP contribution >= 0.6 is 0 Å². The fourth-order valence-corrected chi connectivity index (χ4v) is 2.55. The number of hydrogen-bond donors (Lipinski definition) is 0. The summed E-state index contributed by atoms with van der Waals surface area (Å²) in [6, 6.07) is 0. The Morgan fingerprint density at radius 1 is 0.846 bits per heavy atom. The molecule has 0 N–H and O–H groups in total. The Hall–Kier alpha value is -0.0800. The van der Waals surface area contributed by atoms with Crippen LogP contribution in [0.4, 0.5) is 0 Å². The Bertz CT molecular complexity index is 158. The average molecular weight is 184 g/mol.